The number of hydrogen-bond donors (Lipinski definition) is 1. The highest BCUT2D eigenvalue weighted by Gasteiger charge is 2.22. The molecule has 0 aliphatic carbocycles. The van der Waals surface area contributed by atoms with Crippen molar-refractivity contribution in [3.63, 3.8) is 0 Å². The van der Waals surface area contributed by atoms with Gasteiger partial charge in [-0.25, -0.2) is 0 Å². The normalized spacial score (nSPS) is 16.2. The number of rotatable bonds is 5. The van der Waals surface area contributed by atoms with Gasteiger partial charge in [-0.2, -0.15) is 0 Å². The van der Waals surface area contributed by atoms with Crippen LogP contribution in [0.25, 0.3) is 6.08 Å². The van der Waals surface area contributed by atoms with Crippen LogP contribution >= 0.6 is 35.6 Å². The molecule has 1 aliphatic heterocycles. The molecule has 1 saturated heterocycles. The molecule has 1 N–H and O–H groups in total. The zero-order valence-corrected chi connectivity index (χ0v) is 14.0. The minimum absolute atomic E-state index is 0.202. The highest BCUT2D eigenvalue weighted by atomic mass is 35.5. The molecule has 1 aliphatic rings. The molecule has 7 heteroatoms. The average Bonchev–Trinajstić information content (AvgIpc) is 2.75. The number of carbonyl (C=O) groups excluding carboxylic acids is 1. The van der Waals surface area contributed by atoms with Gasteiger partial charge in [0, 0.05) is 0 Å². The monoisotopic (exact) mass is 343 g/mol. The first kappa shape index (κ1) is 16.1. The van der Waals surface area contributed by atoms with Crippen molar-refractivity contribution in [3.05, 3.63) is 27.6 Å². The molecule has 4 nitrogen and oxygen atoms in total. The Hall–Kier alpha value is -1.24. The summed E-state index contributed by atoms with van der Waals surface area (Å²) in [7, 11) is 1.55. The van der Waals surface area contributed by atoms with E-state index in [0.29, 0.717) is 32.4 Å². The summed E-state index contributed by atoms with van der Waals surface area (Å²) in [5.41, 5.74) is 0.753. The van der Waals surface area contributed by atoms with Gasteiger partial charge in [0.2, 0.25) is 0 Å². The first-order valence-corrected chi connectivity index (χ1v) is 7.90. The van der Waals surface area contributed by atoms with E-state index < -0.39 is 0 Å². The van der Waals surface area contributed by atoms with Crippen LogP contribution in [-0.4, -0.2) is 23.9 Å². The highest BCUT2D eigenvalue weighted by Crippen LogP contribution is 2.38. The maximum absolute atomic E-state index is 11.7. The van der Waals surface area contributed by atoms with E-state index in [1.807, 2.05) is 6.92 Å². The zero-order chi connectivity index (χ0) is 15.4. The Balaban J connectivity index is 2.34. The van der Waals surface area contributed by atoms with E-state index in [0.717, 1.165) is 12.0 Å². The molecule has 1 fully saturated rings. The zero-order valence-electron chi connectivity index (χ0n) is 11.6. The van der Waals surface area contributed by atoms with Crippen molar-refractivity contribution in [3.8, 4) is 11.5 Å². The van der Waals surface area contributed by atoms with E-state index in [4.69, 9.17) is 33.3 Å². The van der Waals surface area contributed by atoms with Crippen LogP contribution in [0.15, 0.2) is 17.0 Å². The molecular formula is C14H14ClNO3S2. The molecule has 1 heterocycles. The quantitative estimate of drug-likeness (QED) is 0.653. The average molecular weight is 344 g/mol. The van der Waals surface area contributed by atoms with Crippen molar-refractivity contribution in [2.24, 2.45) is 0 Å². The van der Waals surface area contributed by atoms with Gasteiger partial charge in [0.25, 0.3) is 5.91 Å². The summed E-state index contributed by atoms with van der Waals surface area (Å²) in [5, 5.41) is 3.01. The Labute approximate surface area is 137 Å². The number of hydrogen-bond acceptors (Lipinski definition) is 5. The standard InChI is InChI=1S/C14H14ClNO3S2/c1-3-4-19-12-9(15)5-8(6-10(12)18-2)7-11-13(17)16-14(20)21-11/h5-7H,3-4H2,1-2H3,(H,16,17,20). The van der Waals surface area contributed by atoms with Gasteiger partial charge >= 0.3 is 0 Å². The fourth-order valence-electron chi connectivity index (χ4n) is 1.74. The third kappa shape index (κ3) is 3.90. The van der Waals surface area contributed by atoms with E-state index in [9.17, 15) is 4.79 Å². The highest BCUT2D eigenvalue weighted by molar-refractivity contribution is 8.26. The fourth-order valence-corrected chi connectivity index (χ4v) is 3.06. The van der Waals surface area contributed by atoms with E-state index in [2.05, 4.69) is 5.32 Å². The second-order valence-electron chi connectivity index (χ2n) is 4.23. The van der Waals surface area contributed by atoms with Crippen molar-refractivity contribution in [2.75, 3.05) is 13.7 Å². The van der Waals surface area contributed by atoms with Crippen molar-refractivity contribution >= 4 is 51.9 Å². The fraction of sp³-hybridized carbons (Fsp3) is 0.286. The third-order valence-corrected chi connectivity index (χ3v) is 4.09. The lowest BCUT2D eigenvalue weighted by molar-refractivity contribution is -0.115. The van der Waals surface area contributed by atoms with Gasteiger partial charge in [-0.05, 0) is 30.2 Å². The lowest BCUT2D eigenvalue weighted by Gasteiger charge is -2.12. The summed E-state index contributed by atoms with van der Waals surface area (Å²) in [6.07, 6.45) is 2.59. The second-order valence-corrected chi connectivity index (χ2v) is 6.36. The van der Waals surface area contributed by atoms with Gasteiger partial charge in [0.15, 0.2) is 11.5 Å². The topological polar surface area (TPSA) is 47.6 Å². The first-order chi connectivity index (χ1) is 10.0. The summed E-state index contributed by atoms with van der Waals surface area (Å²) < 4.78 is 11.3. The van der Waals surface area contributed by atoms with Gasteiger partial charge in [0.05, 0.1) is 23.6 Å². The van der Waals surface area contributed by atoms with E-state index in [1.165, 1.54) is 11.8 Å². The van der Waals surface area contributed by atoms with Crippen molar-refractivity contribution in [2.45, 2.75) is 13.3 Å². The Morgan fingerprint density at radius 1 is 1.48 bits per heavy atom. The summed E-state index contributed by atoms with van der Waals surface area (Å²) in [6.45, 7) is 2.57. The number of thioether (sulfide) groups is 1. The molecule has 112 valence electrons. The Morgan fingerprint density at radius 2 is 2.24 bits per heavy atom. The van der Waals surface area contributed by atoms with E-state index >= 15 is 0 Å². The lowest BCUT2D eigenvalue weighted by atomic mass is 10.2. The summed E-state index contributed by atoms with van der Waals surface area (Å²) >= 11 is 12.4. The first-order valence-electron chi connectivity index (χ1n) is 6.30. The molecule has 0 radical (unpaired) electrons. The van der Waals surface area contributed by atoms with Crippen LogP contribution in [0.5, 0.6) is 11.5 Å². The molecule has 0 aromatic heterocycles. The Bertz CT molecular complexity index is 616. The van der Waals surface area contributed by atoms with E-state index in [-0.39, 0.29) is 5.91 Å². The van der Waals surface area contributed by atoms with Crippen LogP contribution in [0.3, 0.4) is 0 Å². The van der Waals surface area contributed by atoms with Gasteiger partial charge in [-0.3, -0.25) is 4.79 Å². The molecule has 1 aromatic carbocycles. The number of amides is 1. The number of methoxy groups -OCH3 is 1. The van der Waals surface area contributed by atoms with Gasteiger partial charge in [0.1, 0.15) is 4.32 Å². The number of nitrogens with one attached hydrogen (secondary N) is 1. The summed E-state index contributed by atoms with van der Waals surface area (Å²) in [6, 6.07) is 3.51. The van der Waals surface area contributed by atoms with Crippen LogP contribution in [-0.2, 0) is 4.79 Å². The Kier molecular flexibility index (Phi) is 5.50. The minimum atomic E-state index is -0.202. The number of benzene rings is 1. The summed E-state index contributed by atoms with van der Waals surface area (Å²) in [4.78, 5) is 12.2. The Morgan fingerprint density at radius 3 is 2.81 bits per heavy atom. The summed E-state index contributed by atoms with van der Waals surface area (Å²) in [5.74, 6) is 0.849. The number of carbonyl (C=O) groups is 1. The van der Waals surface area contributed by atoms with Gasteiger partial charge < -0.3 is 14.8 Å². The maximum atomic E-state index is 11.7. The largest absolute Gasteiger partial charge is 0.493 e. The third-order valence-electron chi connectivity index (χ3n) is 2.64. The molecule has 2 rings (SSSR count). The molecule has 1 aromatic rings. The van der Waals surface area contributed by atoms with Crippen LogP contribution in [0, 0.1) is 0 Å². The second kappa shape index (κ2) is 7.15. The molecule has 0 saturated carbocycles. The van der Waals surface area contributed by atoms with Crippen LogP contribution in [0.1, 0.15) is 18.9 Å². The maximum Gasteiger partial charge on any atom is 0.263 e. The predicted octanol–water partition coefficient (Wildman–Crippen LogP) is 3.63. The van der Waals surface area contributed by atoms with Crippen molar-refractivity contribution in [1.82, 2.24) is 5.32 Å². The molecule has 0 bridgehead atoms. The smallest absolute Gasteiger partial charge is 0.263 e. The SMILES string of the molecule is CCCOc1c(Cl)cc(C=C2SC(=S)NC2=O)cc1OC. The molecule has 0 spiro atoms. The number of ether oxygens (including phenoxy) is 2. The van der Waals surface area contributed by atoms with Crippen molar-refractivity contribution < 1.29 is 14.3 Å². The predicted molar refractivity (Wildman–Crippen MR) is 90.1 cm³/mol. The van der Waals surface area contributed by atoms with Crippen molar-refractivity contribution in [1.29, 1.82) is 0 Å². The molecule has 21 heavy (non-hydrogen) atoms. The molecular weight excluding hydrogens is 330 g/mol. The van der Waals surface area contributed by atoms with Crippen LogP contribution < -0.4 is 14.8 Å². The molecule has 0 unspecified atom stereocenters. The molecule has 0 atom stereocenters. The number of thiocarbonyl (C=S) groups is 1. The van der Waals surface area contributed by atoms with Crippen LogP contribution in [0.2, 0.25) is 5.02 Å². The van der Waals surface area contributed by atoms with Gasteiger partial charge in [-0.15, -0.1) is 0 Å². The molecule has 1 amide bonds. The lowest BCUT2D eigenvalue weighted by Crippen LogP contribution is -2.17. The minimum Gasteiger partial charge on any atom is -0.493 e. The van der Waals surface area contributed by atoms with Gasteiger partial charge in [-0.1, -0.05) is 42.5 Å². The van der Waals surface area contributed by atoms with Crippen LogP contribution in [0.4, 0.5) is 0 Å². The van der Waals surface area contributed by atoms with E-state index in [1.54, 1.807) is 25.3 Å². The number of halogens is 1.